The molecule has 28 heavy (non-hydrogen) atoms. The number of benzene rings is 1. The van der Waals surface area contributed by atoms with Crippen LogP contribution < -0.4 is 15.2 Å². The Hall–Kier alpha value is -2.04. The van der Waals surface area contributed by atoms with Crippen LogP contribution in [0.5, 0.6) is 5.88 Å². The number of nitrogens with zero attached hydrogens (tertiary/aromatic N) is 3. The number of hydrogen-bond donors (Lipinski definition) is 0. The van der Waals surface area contributed by atoms with Crippen molar-refractivity contribution >= 4 is 34.7 Å². The molecule has 3 heterocycles. The highest BCUT2D eigenvalue weighted by molar-refractivity contribution is 7.99. The van der Waals surface area contributed by atoms with Gasteiger partial charge in [0, 0.05) is 6.20 Å². The minimum Gasteiger partial charge on any atom is -0.842 e. The van der Waals surface area contributed by atoms with Gasteiger partial charge < -0.3 is 5.11 Å². The lowest BCUT2D eigenvalue weighted by Gasteiger charge is -2.17. The molecule has 0 radical (unpaired) electrons. The maximum absolute atomic E-state index is 13.2. The van der Waals surface area contributed by atoms with E-state index in [9.17, 15) is 23.1 Å². The Balaban J connectivity index is 1.94. The molecule has 0 N–H and O–H groups in total. The van der Waals surface area contributed by atoms with Gasteiger partial charge in [-0.05, 0) is 29.5 Å². The molecule has 0 fully saturated rings. The summed E-state index contributed by atoms with van der Waals surface area (Å²) in [5.74, 6) is -0.140. The zero-order valence-electron chi connectivity index (χ0n) is 14.2. The first-order valence-corrected chi connectivity index (χ1v) is 10.1. The highest BCUT2D eigenvalue weighted by Crippen LogP contribution is 2.39. The normalized spacial score (nSPS) is 16.4. The molecule has 3 aromatic rings. The molecule has 0 unspecified atom stereocenters. The number of aromatic nitrogens is 3. The predicted molar refractivity (Wildman–Crippen MR) is 97.7 cm³/mol. The number of hydrogen-bond acceptors (Lipinski definition) is 5. The molecule has 0 saturated carbocycles. The minimum absolute atomic E-state index is 0.0614. The molecule has 0 aliphatic carbocycles. The number of rotatable bonds is 2. The first-order valence-electron chi connectivity index (χ1n) is 7.95. The van der Waals surface area contributed by atoms with Crippen LogP contribution in [0, 0.1) is 0 Å². The average molecular weight is 446 g/mol. The Morgan fingerprint density at radius 1 is 1.39 bits per heavy atom. The lowest BCUT2D eigenvalue weighted by molar-refractivity contribution is -0.751. The molecular weight excluding hydrogens is 435 g/mol. The van der Waals surface area contributed by atoms with E-state index in [0.717, 1.165) is 17.0 Å². The van der Waals surface area contributed by atoms with Crippen LogP contribution in [0.2, 0.25) is 4.47 Å². The lowest BCUT2D eigenvalue weighted by atomic mass is 10.0. The fourth-order valence-corrected chi connectivity index (χ4v) is 5.52. The van der Waals surface area contributed by atoms with E-state index in [1.165, 1.54) is 51.4 Å². The molecule has 1 aliphatic heterocycles. The second-order valence-corrected chi connectivity index (χ2v) is 8.75. The van der Waals surface area contributed by atoms with Crippen molar-refractivity contribution in [2.75, 3.05) is 5.75 Å². The van der Waals surface area contributed by atoms with Crippen LogP contribution in [0.1, 0.15) is 16.5 Å². The molecule has 146 valence electrons. The summed E-state index contributed by atoms with van der Waals surface area (Å²) in [4.78, 5) is 17.9. The highest BCUT2D eigenvalue weighted by Gasteiger charge is 2.38. The predicted octanol–water partition coefficient (Wildman–Crippen LogP) is 3.24. The third kappa shape index (κ3) is 3.09. The van der Waals surface area contributed by atoms with Gasteiger partial charge in [-0.25, -0.2) is 14.3 Å². The highest BCUT2D eigenvalue weighted by atomic mass is 35.5. The Kier molecular flexibility index (Phi) is 4.67. The average Bonchev–Trinajstić information content (AvgIpc) is 3.26. The molecular formula is C17H11ClF3N3O2S2. The molecule has 2 aromatic heterocycles. The van der Waals surface area contributed by atoms with Gasteiger partial charge in [0.1, 0.15) is 5.56 Å². The van der Waals surface area contributed by atoms with Crippen molar-refractivity contribution in [3.05, 3.63) is 55.7 Å². The van der Waals surface area contributed by atoms with Crippen molar-refractivity contribution in [1.82, 2.24) is 9.55 Å². The molecule has 5 nitrogen and oxygen atoms in total. The first-order chi connectivity index (χ1) is 13.2. The maximum atomic E-state index is 13.2. The smallest absolute Gasteiger partial charge is 0.416 e. The first kappa shape index (κ1) is 19.3. The molecule has 0 spiro atoms. The second-order valence-electron chi connectivity index (χ2n) is 6.12. The third-order valence-corrected chi connectivity index (χ3v) is 6.86. The summed E-state index contributed by atoms with van der Waals surface area (Å²) < 4.78 is 42.3. The summed E-state index contributed by atoms with van der Waals surface area (Å²) in [5, 5.41) is 13.2. The zero-order valence-corrected chi connectivity index (χ0v) is 16.5. The zero-order chi connectivity index (χ0) is 20.2. The Morgan fingerprint density at radius 2 is 2.14 bits per heavy atom. The molecule has 4 rings (SSSR count). The van der Waals surface area contributed by atoms with Gasteiger partial charge in [0.25, 0.3) is 0 Å². The summed E-state index contributed by atoms with van der Waals surface area (Å²) in [5.41, 5.74) is -1.90. The minimum atomic E-state index is -4.58. The Bertz CT molecular complexity index is 1140. The fraction of sp³-hybridized carbons (Fsp3) is 0.235. The summed E-state index contributed by atoms with van der Waals surface area (Å²) in [6.07, 6.45) is -3.01. The van der Waals surface area contributed by atoms with Gasteiger partial charge in [-0.3, -0.25) is 0 Å². The number of thiazole rings is 1. The molecule has 11 heteroatoms. The van der Waals surface area contributed by atoms with E-state index in [-0.39, 0.29) is 11.1 Å². The van der Waals surface area contributed by atoms with Crippen LogP contribution in [0.4, 0.5) is 13.2 Å². The van der Waals surface area contributed by atoms with Crippen molar-refractivity contribution in [2.24, 2.45) is 7.05 Å². The molecule has 1 atom stereocenters. The van der Waals surface area contributed by atoms with Crippen molar-refractivity contribution in [2.45, 2.75) is 17.4 Å². The van der Waals surface area contributed by atoms with Crippen molar-refractivity contribution in [3.63, 3.8) is 0 Å². The summed E-state index contributed by atoms with van der Waals surface area (Å²) >= 11 is 8.45. The number of thioether (sulfide) groups is 1. The van der Waals surface area contributed by atoms with Gasteiger partial charge in [-0.15, -0.1) is 11.3 Å². The monoisotopic (exact) mass is 445 g/mol. The van der Waals surface area contributed by atoms with E-state index in [1.807, 2.05) is 0 Å². The fourth-order valence-electron chi connectivity index (χ4n) is 3.11. The quantitative estimate of drug-likeness (QED) is 0.449. The van der Waals surface area contributed by atoms with Crippen LogP contribution in [0.3, 0.4) is 0 Å². The third-order valence-electron chi connectivity index (χ3n) is 4.43. The van der Waals surface area contributed by atoms with E-state index >= 15 is 0 Å². The van der Waals surface area contributed by atoms with Crippen molar-refractivity contribution < 1.29 is 22.8 Å². The topological polar surface area (TPSA) is 61.8 Å². The van der Waals surface area contributed by atoms with Crippen molar-refractivity contribution in [3.8, 4) is 17.0 Å². The molecule has 0 saturated heterocycles. The summed E-state index contributed by atoms with van der Waals surface area (Å²) in [7, 11) is 1.50. The lowest BCUT2D eigenvalue weighted by Crippen LogP contribution is -2.43. The molecule has 1 aliphatic rings. The van der Waals surface area contributed by atoms with Gasteiger partial charge in [-0.1, -0.05) is 23.7 Å². The van der Waals surface area contributed by atoms with Crippen molar-refractivity contribution in [1.29, 1.82) is 0 Å². The van der Waals surface area contributed by atoms with E-state index in [0.29, 0.717) is 15.4 Å². The Morgan fingerprint density at radius 3 is 2.79 bits per heavy atom. The van der Waals surface area contributed by atoms with Gasteiger partial charge >= 0.3 is 16.9 Å². The van der Waals surface area contributed by atoms with E-state index < -0.39 is 29.2 Å². The molecule has 1 aromatic carbocycles. The van der Waals surface area contributed by atoms with E-state index in [4.69, 9.17) is 11.6 Å². The van der Waals surface area contributed by atoms with E-state index in [2.05, 4.69) is 4.98 Å². The number of halogens is 4. The van der Waals surface area contributed by atoms with Crippen LogP contribution in [0.25, 0.3) is 11.1 Å². The molecule has 0 bridgehead atoms. The van der Waals surface area contributed by atoms with E-state index in [1.54, 1.807) is 6.20 Å². The van der Waals surface area contributed by atoms with Gasteiger partial charge in [-0.2, -0.15) is 17.7 Å². The SMILES string of the molecule is C[n+]1c([O-])c(-c2cccc(C(F)(F)F)c2)c(=O)n2c1SC[C@H]2c1cnc(Cl)s1. The van der Waals surface area contributed by atoms with Crippen LogP contribution >= 0.6 is 34.7 Å². The van der Waals surface area contributed by atoms with Crippen LogP contribution in [-0.2, 0) is 13.2 Å². The number of alkyl halides is 3. The second kappa shape index (κ2) is 6.78. The molecule has 0 amide bonds. The largest absolute Gasteiger partial charge is 0.842 e. The van der Waals surface area contributed by atoms with Gasteiger partial charge in [0.05, 0.1) is 29.1 Å². The maximum Gasteiger partial charge on any atom is 0.416 e. The standard InChI is InChI=1S/C17H11ClF3N3O2S2/c1-23-13(25)12(8-3-2-4-9(5-8)17(19,20)21)14(26)24-10(7-27-16(23)24)11-6-22-15(18)28-11/h2-6,10H,7H2,1H3/t10-/m0/s1. The van der Waals surface area contributed by atoms with Crippen LogP contribution in [-0.4, -0.2) is 15.3 Å². The van der Waals surface area contributed by atoms with Gasteiger partial charge in [0.2, 0.25) is 0 Å². The Labute approximate surface area is 170 Å². The van der Waals surface area contributed by atoms with Gasteiger partial charge in [0.15, 0.2) is 10.5 Å². The van der Waals surface area contributed by atoms with Crippen LogP contribution in [0.15, 0.2) is 40.4 Å². The summed E-state index contributed by atoms with van der Waals surface area (Å²) in [6.45, 7) is 0. The summed E-state index contributed by atoms with van der Waals surface area (Å²) in [6, 6.07) is 3.85. The number of fused-ring (bicyclic) bond motifs is 1.